The molecule has 2 aromatic rings. The summed E-state index contributed by atoms with van der Waals surface area (Å²) in [6, 6.07) is 14.3. The summed E-state index contributed by atoms with van der Waals surface area (Å²) in [4.78, 5) is 12.1. The highest BCUT2D eigenvalue weighted by molar-refractivity contribution is 7.89. The summed E-state index contributed by atoms with van der Waals surface area (Å²) in [5, 5.41) is 2.86. The molecule has 0 bridgehead atoms. The quantitative estimate of drug-likeness (QED) is 0.833. The van der Waals surface area contributed by atoms with E-state index >= 15 is 0 Å². The van der Waals surface area contributed by atoms with E-state index in [2.05, 4.69) is 5.32 Å². The summed E-state index contributed by atoms with van der Waals surface area (Å²) >= 11 is 0. The zero-order valence-corrected chi connectivity index (χ0v) is 14.6. The number of rotatable bonds is 7. The predicted octanol–water partition coefficient (Wildman–Crippen LogP) is 2.21. The highest BCUT2D eigenvalue weighted by Gasteiger charge is 2.08. The molecule has 128 valence electrons. The molecule has 0 aromatic heterocycles. The number of methoxy groups -OCH3 is 1. The maximum atomic E-state index is 12.1. The molecule has 1 amide bonds. The van der Waals surface area contributed by atoms with E-state index in [-0.39, 0.29) is 11.7 Å². The number of ether oxygens (including phenoxy) is 1. The molecule has 0 heterocycles. The van der Waals surface area contributed by atoms with Crippen LogP contribution in [0.1, 0.15) is 21.5 Å². The Morgan fingerprint density at radius 1 is 1.00 bits per heavy atom. The van der Waals surface area contributed by atoms with Crippen molar-refractivity contribution in [1.29, 1.82) is 0 Å². The highest BCUT2D eigenvalue weighted by atomic mass is 32.2. The Hall–Kier alpha value is -2.34. The van der Waals surface area contributed by atoms with Crippen molar-refractivity contribution < 1.29 is 17.9 Å². The summed E-state index contributed by atoms with van der Waals surface area (Å²) in [5.41, 5.74) is 2.30. The van der Waals surface area contributed by atoms with Crippen molar-refractivity contribution in [2.45, 2.75) is 12.2 Å². The average molecular weight is 347 g/mol. The number of benzene rings is 2. The third-order valence-corrected chi connectivity index (χ3v) is 4.36. The molecule has 6 heteroatoms. The Morgan fingerprint density at radius 3 is 2.12 bits per heavy atom. The summed E-state index contributed by atoms with van der Waals surface area (Å²) in [6.07, 6.45) is 1.91. The lowest BCUT2D eigenvalue weighted by molar-refractivity contribution is 0.0954. The third-order valence-electron chi connectivity index (χ3n) is 3.50. The van der Waals surface area contributed by atoms with Crippen LogP contribution in [0.4, 0.5) is 0 Å². The fourth-order valence-corrected chi connectivity index (χ4v) is 3.07. The van der Waals surface area contributed by atoms with Crippen LogP contribution in [0.3, 0.4) is 0 Å². The van der Waals surface area contributed by atoms with Crippen LogP contribution in [-0.4, -0.2) is 34.2 Å². The Bertz CT molecular complexity index is 781. The number of nitrogens with one attached hydrogen (secondary N) is 1. The van der Waals surface area contributed by atoms with Crippen LogP contribution in [0.15, 0.2) is 48.5 Å². The first-order chi connectivity index (χ1) is 11.4. The fourth-order valence-electron chi connectivity index (χ4n) is 2.27. The van der Waals surface area contributed by atoms with Gasteiger partial charge in [-0.3, -0.25) is 4.79 Å². The van der Waals surface area contributed by atoms with E-state index in [0.717, 1.165) is 17.7 Å². The zero-order valence-electron chi connectivity index (χ0n) is 13.8. The average Bonchev–Trinajstić information content (AvgIpc) is 2.54. The molecular formula is C18H21NO4S. The summed E-state index contributed by atoms with van der Waals surface area (Å²) in [5.74, 6) is 0.609. The molecule has 0 aliphatic heterocycles. The Kier molecular flexibility index (Phi) is 5.98. The molecule has 0 aliphatic carbocycles. The molecule has 0 fully saturated rings. The first kappa shape index (κ1) is 18.0. The summed E-state index contributed by atoms with van der Waals surface area (Å²) in [6.45, 7) is 0.524. The lowest BCUT2D eigenvalue weighted by Crippen LogP contribution is -2.25. The zero-order chi connectivity index (χ0) is 17.6. The summed E-state index contributed by atoms with van der Waals surface area (Å²) < 4.78 is 27.6. The van der Waals surface area contributed by atoms with Crippen molar-refractivity contribution >= 4 is 15.7 Å². The molecule has 0 atom stereocenters. The minimum atomic E-state index is -3.07. The molecule has 0 aliphatic rings. The topological polar surface area (TPSA) is 72.5 Å². The van der Waals surface area contributed by atoms with Gasteiger partial charge in [0, 0.05) is 18.4 Å². The number of hydrogen-bond acceptors (Lipinski definition) is 4. The van der Waals surface area contributed by atoms with E-state index in [4.69, 9.17) is 4.74 Å². The van der Waals surface area contributed by atoms with Crippen LogP contribution in [-0.2, 0) is 22.0 Å². The Labute approximate surface area is 142 Å². The van der Waals surface area contributed by atoms with E-state index in [1.54, 1.807) is 31.4 Å². The van der Waals surface area contributed by atoms with Crippen molar-refractivity contribution in [3.63, 3.8) is 0 Å². The van der Waals surface area contributed by atoms with Gasteiger partial charge < -0.3 is 10.1 Å². The van der Waals surface area contributed by atoms with Crippen molar-refractivity contribution in [1.82, 2.24) is 5.32 Å². The minimum Gasteiger partial charge on any atom is -0.497 e. The molecule has 2 rings (SSSR count). The molecule has 1 N–H and O–H groups in total. The minimum absolute atomic E-state index is 0.0215. The van der Waals surface area contributed by atoms with E-state index in [9.17, 15) is 13.2 Å². The number of carbonyl (C=O) groups is 1. The van der Waals surface area contributed by atoms with Crippen LogP contribution < -0.4 is 10.1 Å². The monoisotopic (exact) mass is 347 g/mol. The Balaban J connectivity index is 1.85. The number of carbonyl (C=O) groups excluding carboxylic acids is 1. The van der Waals surface area contributed by atoms with Crippen molar-refractivity contribution in [3.8, 4) is 5.75 Å². The first-order valence-corrected chi connectivity index (χ1v) is 9.61. The van der Waals surface area contributed by atoms with E-state index in [1.807, 2.05) is 24.3 Å². The van der Waals surface area contributed by atoms with Gasteiger partial charge in [0.25, 0.3) is 5.91 Å². The van der Waals surface area contributed by atoms with Gasteiger partial charge in [0.2, 0.25) is 0 Å². The lowest BCUT2D eigenvalue weighted by Gasteiger charge is -2.07. The van der Waals surface area contributed by atoms with Gasteiger partial charge in [0.05, 0.1) is 12.9 Å². The molecule has 5 nitrogen and oxygen atoms in total. The fraction of sp³-hybridized carbons (Fsp3) is 0.278. The van der Waals surface area contributed by atoms with Crippen molar-refractivity contribution in [2.24, 2.45) is 0 Å². The molecule has 0 radical (unpaired) electrons. The smallest absolute Gasteiger partial charge is 0.251 e. The van der Waals surface area contributed by atoms with E-state index in [1.165, 1.54) is 6.26 Å². The molecular weight excluding hydrogens is 326 g/mol. The van der Waals surface area contributed by atoms with Gasteiger partial charge in [-0.1, -0.05) is 24.3 Å². The molecule has 0 saturated carbocycles. The third kappa shape index (κ3) is 5.70. The van der Waals surface area contributed by atoms with Gasteiger partial charge in [-0.05, 0) is 41.8 Å². The van der Waals surface area contributed by atoms with E-state index in [0.29, 0.717) is 17.7 Å². The predicted molar refractivity (Wildman–Crippen MR) is 94.0 cm³/mol. The van der Waals surface area contributed by atoms with Crippen LogP contribution in [0.25, 0.3) is 0 Å². The van der Waals surface area contributed by atoms with E-state index < -0.39 is 9.84 Å². The number of hydrogen-bond donors (Lipinski definition) is 1. The maximum Gasteiger partial charge on any atom is 0.251 e. The van der Waals surface area contributed by atoms with Gasteiger partial charge in [0.15, 0.2) is 9.84 Å². The number of sulfone groups is 1. The maximum absolute atomic E-state index is 12.1. The SMILES string of the molecule is COc1ccc(CCNC(=O)c2ccc(CS(C)(=O)=O)cc2)cc1. The summed E-state index contributed by atoms with van der Waals surface area (Å²) in [7, 11) is -1.45. The molecule has 24 heavy (non-hydrogen) atoms. The second-order valence-corrected chi connectivity index (χ2v) is 7.76. The standard InChI is InChI=1S/C18H21NO4S/c1-23-17-9-5-14(6-10-17)11-12-19-18(20)16-7-3-15(4-8-16)13-24(2,21)22/h3-10H,11-13H2,1-2H3,(H,19,20). The van der Waals surface area contributed by atoms with Gasteiger partial charge in [-0.2, -0.15) is 0 Å². The highest BCUT2D eigenvalue weighted by Crippen LogP contribution is 2.11. The molecule has 0 saturated heterocycles. The molecule has 2 aromatic carbocycles. The van der Waals surface area contributed by atoms with Crippen LogP contribution >= 0.6 is 0 Å². The lowest BCUT2D eigenvalue weighted by atomic mass is 10.1. The van der Waals surface area contributed by atoms with Gasteiger partial charge >= 0.3 is 0 Å². The largest absolute Gasteiger partial charge is 0.497 e. The van der Waals surface area contributed by atoms with Crippen molar-refractivity contribution in [2.75, 3.05) is 19.9 Å². The van der Waals surface area contributed by atoms with Crippen LogP contribution in [0, 0.1) is 0 Å². The van der Waals surface area contributed by atoms with Crippen LogP contribution in [0.2, 0.25) is 0 Å². The Morgan fingerprint density at radius 2 is 1.58 bits per heavy atom. The van der Waals surface area contributed by atoms with Gasteiger partial charge in [0.1, 0.15) is 5.75 Å². The van der Waals surface area contributed by atoms with Crippen molar-refractivity contribution in [3.05, 3.63) is 65.2 Å². The first-order valence-electron chi connectivity index (χ1n) is 7.55. The van der Waals surface area contributed by atoms with Gasteiger partial charge in [-0.25, -0.2) is 8.42 Å². The molecule has 0 unspecified atom stereocenters. The van der Waals surface area contributed by atoms with Gasteiger partial charge in [-0.15, -0.1) is 0 Å². The normalized spacial score (nSPS) is 11.1. The number of amides is 1. The van der Waals surface area contributed by atoms with Crippen LogP contribution in [0.5, 0.6) is 5.75 Å². The second-order valence-electron chi connectivity index (χ2n) is 5.62. The second kappa shape index (κ2) is 7.97. The molecule has 0 spiro atoms.